The molecule has 0 saturated carbocycles. The first kappa shape index (κ1) is 16.6. The lowest BCUT2D eigenvalue weighted by Gasteiger charge is -2.15. The second-order valence-corrected chi connectivity index (χ2v) is 6.63. The fourth-order valence-corrected chi connectivity index (χ4v) is 3.04. The van der Waals surface area contributed by atoms with Gasteiger partial charge in [0.15, 0.2) is 0 Å². The van der Waals surface area contributed by atoms with Gasteiger partial charge in [0, 0.05) is 26.2 Å². The predicted molar refractivity (Wildman–Crippen MR) is 93.3 cm³/mol. The molecule has 1 unspecified atom stereocenters. The monoisotopic (exact) mass is 433 g/mol. The van der Waals surface area contributed by atoms with Crippen molar-refractivity contribution in [2.24, 2.45) is 0 Å². The van der Waals surface area contributed by atoms with E-state index in [-0.39, 0.29) is 6.61 Å². The molecule has 2 aromatic carbocycles. The van der Waals surface area contributed by atoms with E-state index in [0.717, 1.165) is 14.6 Å². The van der Waals surface area contributed by atoms with Gasteiger partial charge in [0.25, 0.3) is 0 Å². The molecule has 1 atom stereocenters. The van der Waals surface area contributed by atoms with Crippen LogP contribution in [0.5, 0.6) is 5.75 Å². The molecule has 0 spiro atoms. The lowest BCUT2D eigenvalue weighted by molar-refractivity contribution is 0.117. The van der Waals surface area contributed by atoms with Gasteiger partial charge in [-0.3, -0.25) is 0 Å². The Morgan fingerprint density at radius 3 is 2.71 bits per heavy atom. The van der Waals surface area contributed by atoms with E-state index in [1.54, 1.807) is 24.3 Å². The van der Waals surface area contributed by atoms with Crippen LogP contribution in [0.3, 0.4) is 0 Å². The summed E-state index contributed by atoms with van der Waals surface area (Å²) in [7, 11) is 0. The van der Waals surface area contributed by atoms with Gasteiger partial charge < -0.3 is 15.2 Å². The summed E-state index contributed by atoms with van der Waals surface area (Å²) in [6.45, 7) is 0.586. The highest BCUT2D eigenvalue weighted by molar-refractivity contribution is 9.11. The predicted octanol–water partition coefficient (Wildman–Crippen LogP) is 4.72. The largest absolute Gasteiger partial charge is 0.491 e. The lowest BCUT2D eigenvalue weighted by atomic mass is 10.3. The molecule has 6 heteroatoms. The van der Waals surface area contributed by atoms with Gasteiger partial charge in [-0.25, -0.2) is 0 Å². The van der Waals surface area contributed by atoms with Crippen molar-refractivity contribution in [1.82, 2.24) is 0 Å². The third-order valence-corrected chi connectivity index (χ3v) is 4.08. The number of aliphatic hydroxyl groups is 1. The molecule has 0 heterocycles. The number of aliphatic hydroxyl groups excluding tert-OH is 1. The van der Waals surface area contributed by atoms with E-state index < -0.39 is 6.10 Å². The van der Waals surface area contributed by atoms with Crippen molar-refractivity contribution >= 4 is 49.1 Å². The van der Waals surface area contributed by atoms with Crippen LogP contribution in [0.2, 0.25) is 5.02 Å². The topological polar surface area (TPSA) is 41.5 Å². The van der Waals surface area contributed by atoms with Gasteiger partial charge >= 0.3 is 0 Å². The number of anilines is 1. The minimum atomic E-state index is -0.625. The molecule has 3 nitrogen and oxygen atoms in total. The standard InChI is InChI=1S/C15H14Br2ClNO2/c16-10-4-5-15(14(17)6-10)19-8-12(20)9-21-13-3-1-2-11(18)7-13/h1-7,12,19-20H,8-9H2. The van der Waals surface area contributed by atoms with Crippen molar-refractivity contribution in [2.45, 2.75) is 6.10 Å². The van der Waals surface area contributed by atoms with Crippen LogP contribution >= 0.6 is 43.5 Å². The smallest absolute Gasteiger partial charge is 0.120 e. The third kappa shape index (κ3) is 5.51. The summed E-state index contributed by atoms with van der Waals surface area (Å²) < 4.78 is 7.41. The highest BCUT2D eigenvalue weighted by Gasteiger charge is 2.07. The maximum Gasteiger partial charge on any atom is 0.120 e. The first-order chi connectivity index (χ1) is 10.0. The molecule has 0 radical (unpaired) electrons. The minimum absolute atomic E-state index is 0.196. The van der Waals surface area contributed by atoms with Crippen LogP contribution in [0, 0.1) is 0 Å². The summed E-state index contributed by atoms with van der Waals surface area (Å²) >= 11 is 12.7. The van der Waals surface area contributed by atoms with Crippen molar-refractivity contribution in [1.29, 1.82) is 0 Å². The van der Waals surface area contributed by atoms with E-state index in [1.807, 2.05) is 18.2 Å². The highest BCUT2D eigenvalue weighted by Crippen LogP contribution is 2.26. The van der Waals surface area contributed by atoms with Crippen LogP contribution in [-0.2, 0) is 0 Å². The van der Waals surface area contributed by atoms with Crippen LogP contribution in [0.4, 0.5) is 5.69 Å². The number of hydrogen-bond donors (Lipinski definition) is 2. The minimum Gasteiger partial charge on any atom is -0.491 e. The first-order valence-corrected chi connectivity index (χ1v) is 8.26. The van der Waals surface area contributed by atoms with Gasteiger partial charge in [0.2, 0.25) is 0 Å². The fourth-order valence-electron chi connectivity index (χ4n) is 1.67. The molecule has 0 bridgehead atoms. The number of halogens is 3. The quantitative estimate of drug-likeness (QED) is 0.690. The van der Waals surface area contributed by atoms with E-state index in [1.165, 1.54) is 0 Å². The van der Waals surface area contributed by atoms with Crippen molar-refractivity contribution in [3.63, 3.8) is 0 Å². The average Bonchev–Trinajstić information content (AvgIpc) is 2.44. The van der Waals surface area contributed by atoms with Crippen LogP contribution in [-0.4, -0.2) is 24.4 Å². The molecule has 0 aliphatic carbocycles. The molecule has 2 aromatic rings. The molecule has 0 fully saturated rings. The Kier molecular flexibility index (Phi) is 6.36. The number of benzene rings is 2. The second-order valence-electron chi connectivity index (χ2n) is 4.43. The van der Waals surface area contributed by atoms with Crippen molar-refractivity contribution in [3.05, 3.63) is 56.4 Å². The first-order valence-electron chi connectivity index (χ1n) is 6.30. The van der Waals surface area contributed by atoms with Gasteiger partial charge in [0.05, 0.1) is 0 Å². The summed E-state index contributed by atoms with van der Waals surface area (Å²) in [5.74, 6) is 0.645. The molecule has 0 aliphatic rings. The maximum absolute atomic E-state index is 9.94. The highest BCUT2D eigenvalue weighted by atomic mass is 79.9. The van der Waals surface area contributed by atoms with Gasteiger partial charge in [-0.15, -0.1) is 0 Å². The Morgan fingerprint density at radius 2 is 2.00 bits per heavy atom. The van der Waals surface area contributed by atoms with E-state index >= 15 is 0 Å². The zero-order chi connectivity index (χ0) is 15.2. The molecule has 0 amide bonds. The van der Waals surface area contributed by atoms with E-state index in [4.69, 9.17) is 16.3 Å². The van der Waals surface area contributed by atoms with E-state index in [0.29, 0.717) is 17.3 Å². The van der Waals surface area contributed by atoms with E-state index in [2.05, 4.69) is 37.2 Å². The molecule has 21 heavy (non-hydrogen) atoms. The number of hydrogen-bond acceptors (Lipinski definition) is 3. The SMILES string of the molecule is OC(CNc1ccc(Br)cc1Br)COc1cccc(Cl)c1. The molecule has 2 N–H and O–H groups in total. The maximum atomic E-state index is 9.94. The summed E-state index contributed by atoms with van der Waals surface area (Å²) in [4.78, 5) is 0. The number of nitrogens with one attached hydrogen (secondary N) is 1. The van der Waals surface area contributed by atoms with Gasteiger partial charge in [-0.2, -0.15) is 0 Å². The number of rotatable bonds is 6. The van der Waals surface area contributed by atoms with Crippen LogP contribution < -0.4 is 10.1 Å². The van der Waals surface area contributed by atoms with Crippen LogP contribution in [0.25, 0.3) is 0 Å². The molecule has 0 saturated heterocycles. The van der Waals surface area contributed by atoms with Crippen LogP contribution in [0.15, 0.2) is 51.4 Å². The molecule has 2 rings (SSSR count). The van der Waals surface area contributed by atoms with Crippen LogP contribution in [0.1, 0.15) is 0 Å². The zero-order valence-electron chi connectivity index (χ0n) is 11.0. The molecule has 0 aliphatic heterocycles. The third-order valence-electron chi connectivity index (χ3n) is 2.70. The lowest BCUT2D eigenvalue weighted by Crippen LogP contribution is -2.26. The van der Waals surface area contributed by atoms with Crippen molar-refractivity contribution in [2.75, 3.05) is 18.5 Å². The second kappa shape index (κ2) is 8.03. The number of ether oxygens (including phenoxy) is 1. The van der Waals surface area contributed by atoms with Crippen molar-refractivity contribution < 1.29 is 9.84 Å². The van der Waals surface area contributed by atoms with Gasteiger partial charge in [-0.05, 0) is 52.3 Å². The Balaban J connectivity index is 1.80. The summed E-state index contributed by atoms with van der Waals surface area (Å²) in [6.07, 6.45) is -0.625. The zero-order valence-corrected chi connectivity index (χ0v) is 15.0. The Morgan fingerprint density at radius 1 is 1.19 bits per heavy atom. The van der Waals surface area contributed by atoms with Gasteiger partial charge in [-0.1, -0.05) is 33.6 Å². The average molecular weight is 436 g/mol. The Hall–Kier alpha value is -0.750. The molecular weight excluding hydrogens is 421 g/mol. The summed E-state index contributed by atoms with van der Waals surface area (Å²) in [6, 6.07) is 12.9. The molecule has 112 valence electrons. The van der Waals surface area contributed by atoms with Gasteiger partial charge in [0.1, 0.15) is 18.5 Å². The molecular formula is C15H14Br2ClNO2. The molecule has 0 aromatic heterocycles. The van der Waals surface area contributed by atoms with Crippen molar-refractivity contribution in [3.8, 4) is 5.75 Å². The normalized spacial score (nSPS) is 12.0. The summed E-state index contributed by atoms with van der Waals surface area (Å²) in [5.41, 5.74) is 0.917. The summed E-state index contributed by atoms with van der Waals surface area (Å²) in [5, 5.41) is 13.7. The fraction of sp³-hybridized carbons (Fsp3) is 0.200. The van der Waals surface area contributed by atoms with E-state index in [9.17, 15) is 5.11 Å². The Bertz CT molecular complexity index is 610. The Labute approximate surface area is 145 Å².